The van der Waals surface area contributed by atoms with Crippen LogP contribution in [0.3, 0.4) is 0 Å². The van der Waals surface area contributed by atoms with E-state index in [0.29, 0.717) is 18.8 Å². The van der Waals surface area contributed by atoms with E-state index in [9.17, 15) is 4.79 Å². The summed E-state index contributed by atoms with van der Waals surface area (Å²) in [5.74, 6) is 1.63. The minimum atomic E-state index is -0.0505. The van der Waals surface area contributed by atoms with E-state index in [2.05, 4.69) is 12.2 Å². The van der Waals surface area contributed by atoms with Gasteiger partial charge in [0.1, 0.15) is 0 Å². The average Bonchev–Trinajstić information content (AvgIpc) is 2.65. The zero-order valence-electron chi connectivity index (χ0n) is 14.9. The number of hydrogen-bond donors (Lipinski definition) is 1. The fraction of sp³-hybridized carbons (Fsp3) is 0.381. The summed E-state index contributed by atoms with van der Waals surface area (Å²) in [6.45, 7) is 2.86. The van der Waals surface area contributed by atoms with Gasteiger partial charge in [0.25, 0.3) is 0 Å². The number of ether oxygens (including phenoxy) is 2. The van der Waals surface area contributed by atoms with Gasteiger partial charge < -0.3 is 14.8 Å². The van der Waals surface area contributed by atoms with Gasteiger partial charge in [-0.25, -0.2) is 0 Å². The standard InChI is InChI=1S/C21H25NO3/c1-3-4-7-12-25-20-11-10-15(13-21(20)24-2)18-14-19(23)16-8-5-6-9-17(16)22-18/h5-6,8-11,13,18,22H,3-4,7,12,14H2,1-2H3. The number of anilines is 1. The molecule has 2 aromatic rings. The smallest absolute Gasteiger partial charge is 0.167 e. The summed E-state index contributed by atoms with van der Waals surface area (Å²) in [5.41, 5.74) is 2.69. The summed E-state index contributed by atoms with van der Waals surface area (Å²) in [7, 11) is 1.65. The van der Waals surface area contributed by atoms with Crippen molar-refractivity contribution in [3.8, 4) is 11.5 Å². The molecule has 1 unspecified atom stereocenters. The highest BCUT2D eigenvalue weighted by atomic mass is 16.5. The van der Waals surface area contributed by atoms with Crippen LogP contribution in [0.1, 0.15) is 54.6 Å². The molecule has 0 aromatic heterocycles. The molecular weight excluding hydrogens is 314 g/mol. The summed E-state index contributed by atoms with van der Waals surface area (Å²) < 4.78 is 11.3. The van der Waals surface area contributed by atoms with Gasteiger partial charge in [0.15, 0.2) is 17.3 Å². The molecular formula is C21H25NO3. The number of methoxy groups -OCH3 is 1. The lowest BCUT2D eigenvalue weighted by Gasteiger charge is -2.27. The van der Waals surface area contributed by atoms with Crippen LogP contribution in [-0.4, -0.2) is 19.5 Å². The van der Waals surface area contributed by atoms with Crippen LogP contribution >= 0.6 is 0 Å². The molecule has 0 spiro atoms. The van der Waals surface area contributed by atoms with Crippen LogP contribution in [-0.2, 0) is 0 Å². The zero-order chi connectivity index (χ0) is 17.6. The Morgan fingerprint density at radius 3 is 2.76 bits per heavy atom. The number of para-hydroxylation sites is 1. The Hall–Kier alpha value is -2.49. The van der Waals surface area contributed by atoms with Crippen LogP contribution in [0, 0.1) is 0 Å². The first-order valence-corrected chi connectivity index (χ1v) is 8.92. The lowest BCUT2D eigenvalue weighted by Crippen LogP contribution is -2.22. The number of carbonyl (C=O) groups excluding carboxylic acids is 1. The molecule has 0 fully saturated rings. The van der Waals surface area contributed by atoms with Crippen LogP contribution in [0.25, 0.3) is 0 Å². The monoisotopic (exact) mass is 339 g/mol. The largest absolute Gasteiger partial charge is 0.493 e. The van der Waals surface area contributed by atoms with Gasteiger partial charge in [-0.05, 0) is 36.2 Å². The van der Waals surface area contributed by atoms with Gasteiger partial charge in [-0.2, -0.15) is 0 Å². The quantitative estimate of drug-likeness (QED) is 0.721. The molecule has 0 saturated carbocycles. The second-order valence-electron chi connectivity index (χ2n) is 6.34. The number of nitrogens with one attached hydrogen (secondary N) is 1. The first kappa shape index (κ1) is 17.3. The van der Waals surface area contributed by atoms with Gasteiger partial charge in [0.05, 0.1) is 19.8 Å². The Kier molecular flexibility index (Phi) is 5.59. The maximum atomic E-state index is 12.4. The van der Waals surface area contributed by atoms with E-state index >= 15 is 0 Å². The molecule has 4 nitrogen and oxygen atoms in total. The number of fused-ring (bicyclic) bond motifs is 1. The van der Waals surface area contributed by atoms with Crippen molar-refractivity contribution in [2.75, 3.05) is 19.0 Å². The van der Waals surface area contributed by atoms with Crippen molar-refractivity contribution in [3.63, 3.8) is 0 Å². The summed E-state index contributed by atoms with van der Waals surface area (Å²) >= 11 is 0. The van der Waals surface area contributed by atoms with Gasteiger partial charge in [0.2, 0.25) is 0 Å². The van der Waals surface area contributed by atoms with Crippen LogP contribution in [0.15, 0.2) is 42.5 Å². The number of Topliss-reactive ketones (excluding diaryl/α,β-unsaturated/α-hetero) is 1. The van der Waals surface area contributed by atoms with Gasteiger partial charge in [-0.15, -0.1) is 0 Å². The number of benzene rings is 2. The molecule has 0 aliphatic carbocycles. The number of ketones is 1. The molecule has 0 radical (unpaired) electrons. The Balaban J connectivity index is 1.76. The fourth-order valence-corrected chi connectivity index (χ4v) is 3.14. The van der Waals surface area contributed by atoms with E-state index in [-0.39, 0.29) is 11.8 Å². The van der Waals surface area contributed by atoms with Crippen molar-refractivity contribution >= 4 is 11.5 Å². The number of rotatable bonds is 7. The Morgan fingerprint density at radius 1 is 1.12 bits per heavy atom. The summed E-state index contributed by atoms with van der Waals surface area (Å²) in [4.78, 5) is 12.4. The lowest BCUT2D eigenvalue weighted by molar-refractivity contribution is 0.0972. The third-order valence-corrected chi connectivity index (χ3v) is 4.54. The predicted molar refractivity (Wildman–Crippen MR) is 99.8 cm³/mol. The molecule has 1 atom stereocenters. The number of hydrogen-bond acceptors (Lipinski definition) is 4. The van der Waals surface area contributed by atoms with E-state index in [4.69, 9.17) is 9.47 Å². The minimum Gasteiger partial charge on any atom is -0.493 e. The van der Waals surface area contributed by atoms with Crippen molar-refractivity contribution in [3.05, 3.63) is 53.6 Å². The summed E-state index contributed by atoms with van der Waals surface area (Å²) in [5, 5.41) is 3.46. The molecule has 0 bridgehead atoms. The second-order valence-corrected chi connectivity index (χ2v) is 6.34. The van der Waals surface area contributed by atoms with Crippen LogP contribution in [0.5, 0.6) is 11.5 Å². The molecule has 1 aliphatic rings. The Bertz CT molecular complexity index is 742. The van der Waals surface area contributed by atoms with E-state index in [1.54, 1.807) is 7.11 Å². The molecule has 2 aromatic carbocycles. The van der Waals surface area contributed by atoms with Gasteiger partial charge in [-0.1, -0.05) is 38.0 Å². The molecule has 1 aliphatic heterocycles. The van der Waals surface area contributed by atoms with E-state index in [1.165, 1.54) is 6.42 Å². The van der Waals surface area contributed by atoms with Crippen LogP contribution in [0.2, 0.25) is 0 Å². The van der Waals surface area contributed by atoms with Gasteiger partial charge >= 0.3 is 0 Å². The molecule has 25 heavy (non-hydrogen) atoms. The third-order valence-electron chi connectivity index (χ3n) is 4.54. The van der Waals surface area contributed by atoms with Crippen LogP contribution in [0.4, 0.5) is 5.69 Å². The summed E-state index contributed by atoms with van der Waals surface area (Å²) in [6, 6.07) is 13.5. The van der Waals surface area contributed by atoms with E-state index < -0.39 is 0 Å². The highest BCUT2D eigenvalue weighted by Gasteiger charge is 2.25. The number of carbonyl (C=O) groups is 1. The lowest BCUT2D eigenvalue weighted by atomic mass is 9.92. The topological polar surface area (TPSA) is 47.6 Å². The van der Waals surface area contributed by atoms with E-state index in [0.717, 1.165) is 35.4 Å². The second kappa shape index (κ2) is 8.06. The predicted octanol–water partition coefficient (Wildman–Crippen LogP) is 5.00. The third kappa shape index (κ3) is 3.95. The Morgan fingerprint density at radius 2 is 1.96 bits per heavy atom. The minimum absolute atomic E-state index is 0.0505. The first-order valence-electron chi connectivity index (χ1n) is 8.92. The van der Waals surface area contributed by atoms with Crippen molar-refractivity contribution < 1.29 is 14.3 Å². The maximum absolute atomic E-state index is 12.4. The highest BCUT2D eigenvalue weighted by molar-refractivity contribution is 6.03. The molecule has 0 amide bonds. The van der Waals surface area contributed by atoms with Crippen molar-refractivity contribution in [1.29, 1.82) is 0 Å². The first-order chi connectivity index (χ1) is 12.2. The highest BCUT2D eigenvalue weighted by Crippen LogP contribution is 2.36. The molecule has 4 heteroatoms. The van der Waals surface area contributed by atoms with Gasteiger partial charge in [-0.3, -0.25) is 4.79 Å². The zero-order valence-corrected chi connectivity index (χ0v) is 14.9. The molecule has 0 saturated heterocycles. The SMILES string of the molecule is CCCCCOc1ccc(C2CC(=O)c3ccccc3N2)cc1OC. The van der Waals surface area contributed by atoms with Crippen molar-refractivity contribution in [2.45, 2.75) is 38.6 Å². The van der Waals surface area contributed by atoms with E-state index in [1.807, 2.05) is 42.5 Å². The average molecular weight is 339 g/mol. The van der Waals surface area contributed by atoms with Crippen LogP contribution < -0.4 is 14.8 Å². The van der Waals surface area contributed by atoms with Crippen molar-refractivity contribution in [2.24, 2.45) is 0 Å². The molecule has 132 valence electrons. The van der Waals surface area contributed by atoms with Gasteiger partial charge in [0, 0.05) is 17.7 Å². The fourth-order valence-electron chi connectivity index (χ4n) is 3.14. The van der Waals surface area contributed by atoms with Crippen molar-refractivity contribution in [1.82, 2.24) is 0 Å². The normalized spacial score (nSPS) is 16.1. The number of unbranched alkanes of at least 4 members (excludes halogenated alkanes) is 2. The summed E-state index contributed by atoms with van der Waals surface area (Å²) in [6.07, 6.45) is 3.81. The Labute approximate surface area is 149 Å². The molecule has 1 heterocycles. The molecule has 3 rings (SSSR count). The molecule has 1 N–H and O–H groups in total. The maximum Gasteiger partial charge on any atom is 0.167 e.